The van der Waals surface area contributed by atoms with Crippen molar-refractivity contribution in [2.75, 3.05) is 24.7 Å². The molecule has 0 bridgehead atoms. The second kappa shape index (κ2) is 8.75. The predicted octanol–water partition coefficient (Wildman–Crippen LogP) is 4.79. The van der Waals surface area contributed by atoms with E-state index in [0.29, 0.717) is 34.6 Å². The van der Waals surface area contributed by atoms with E-state index in [-0.39, 0.29) is 0 Å². The molecule has 0 aromatic heterocycles. The molecule has 0 saturated heterocycles. The fraction of sp³-hybridized carbons (Fsp3) is 0.294. The lowest BCUT2D eigenvalue weighted by Crippen LogP contribution is -2.01. The van der Waals surface area contributed by atoms with Gasteiger partial charge in [0.15, 0.2) is 0 Å². The van der Waals surface area contributed by atoms with Crippen molar-refractivity contribution in [1.29, 1.82) is 0 Å². The Morgan fingerprint density at radius 1 is 0.696 bits per heavy atom. The number of hydrogen-bond donors (Lipinski definition) is 2. The zero-order chi connectivity index (χ0) is 16.7. The molecule has 0 spiro atoms. The van der Waals surface area contributed by atoms with Gasteiger partial charge < -0.3 is 20.9 Å². The van der Waals surface area contributed by atoms with E-state index in [9.17, 15) is 0 Å². The summed E-state index contributed by atoms with van der Waals surface area (Å²) >= 11 is 11.9. The van der Waals surface area contributed by atoms with Crippen molar-refractivity contribution in [2.45, 2.75) is 19.3 Å². The number of nitrogens with two attached hydrogens (primary N) is 2. The van der Waals surface area contributed by atoms with Gasteiger partial charge in [0.1, 0.15) is 11.5 Å². The lowest BCUT2D eigenvalue weighted by Gasteiger charge is -2.09. The maximum absolute atomic E-state index is 5.94. The molecule has 2 rings (SSSR count). The zero-order valence-electron chi connectivity index (χ0n) is 12.7. The van der Waals surface area contributed by atoms with Crippen LogP contribution in [0.25, 0.3) is 0 Å². The minimum atomic E-state index is 0.512. The Morgan fingerprint density at radius 2 is 1.13 bits per heavy atom. The van der Waals surface area contributed by atoms with Crippen LogP contribution in [0.15, 0.2) is 36.4 Å². The van der Waals surface area contributed by atoms with Crippen LogP contribution in [0, 0.1) is 0 Å². The molecule has 2 aromatic carbocycles. The summed E-state index contributed by atoms with van der Waals surface area (Å²) < 4.78 is 11.2. The van der Waals surface area contributed by atoms with Crippen molar-refractivity contribution in [3.05, 3.63) is 46.4 Å². The van der Waals surface area contributed by atoms with Crippen LogP contribution in [0.3, 0.4) is 0 Å². The summed E-state index contributed by atoms with van der Waals surface area (Å²) in [6.45, 7) is 1.27. The predicted molar refractivity (Wildman–Crippen MR) is 96.6 cm³/mol. The molecule has 0 aliphatic rings. The number of unbranched alkanes of at least 4 members (excludes halogenated alkanes) is 2. The van der Waals surface area contributed by atoms with Gasteiger partial charge in [-0.25, -0.2) is 0 Å². The van der Waals surface area contributed by atoms with E-state index >= 15 is 0 Å². The Kier molecular flexibility index (Phi) is 6.68. The molecule has 0 radical (unpaired) electrons. The number of nitrogen functional groups attached to an aromatic ring is 2. The molecule has 23 heavy (non-hydrogen) atoms. The molecule has 4 N–H and O–H groups in total. The van der Waals surface area contributed by atoms with Crippen LogP contribution in [0.5, 0.6) is 11.5 Å². The molecule has 0 atom stereocenters. The van der Waals surface area contributed by atoms with E-state index in [2.05, 4.69) is 0 Å². The molecule has 0 heterocycles. The Hall–Kier alpha value is -1.78. The van der Waals surface area contributed by atoms with Crippen molar-refractivity contribution in [2.24, 2.45) is 0 Å². The Bertz CT molecular complexity index is 595. The van der Waals surface area contributed by atoms with Crippen LogP contribution in [0.2, 0.25) is 10.0 Å². The second-order valence-corrected chi connectivity index (χ2v) is 5.94. The first-order chi connectivity index (χ1) is 11.1. The average molecular weight is 355 g/mol. The highest BCUT2D eigenvalue weighted by molar-refractivity contribution is 6.33. The van der Waals surface area contributed by atoms with E-state index in [0.717, 1.165) is 30.8 Å². The Balaban J connectivity index is 1.58. The van der Waals surface area contributed by atoms with Gasteiger partial charge in [-0.05, 0) is 43.5 Å². The normalized spacial score (nSPS) is 10.5. The van der Waals surface area contributed by atoms with Crippen LogP contribution in [-0.4, -0.2) is 13.2 Å². The molecule has 0 fully saturated rings. The third kappa shape index (κ3) is 5.73. The average Bonchev–Trinajstić information content (AvgIpc) is 2.53. The zero-order valence-corrected chi connectivity index (χ0v) is 14.2. The number of anilines is 2. The topological polar surface area (TPSA) is 70.5 Å². The molecule has 2 aromatic rings. The maximum atomic E-state index is 5.94. The van der Waals surface area contributed by atoms with E-state index in [1.807, 2.05) is 12.1 Å². The lowest BCUT2D eigenvalue weighted by molar-refractivity contribution is 0.279. The number of rotatable bonds is 8. The van der Waals surface area contributed by atoms with E-state index < -0.39 is 0 Å². The van der Waals surface area contributed by atoms with Crippen molar-refractivity contribution in [3.8, 4) is 11.5 Å². The van der Waals surface area contributed by atoms with Crippen LogP contribution in [0.4, 0.5) is 11.4 Å². The van der Waals surface area contributed by atoms with Gasteiger partial charge in [-0.2, -0.15) is 0 Å². The maximum Gasteiger partial charge on any atom is 0.120 e. The first-order valence-corrected chi connectivity index (χ1v) is 8.17. The minimum Gasteiger partial charge on any atom is -0.494 e. The fourth-order valence-corrected chi connectivity index (χ4v) is 2.30. The Morgan fingerprint density at radius 3 is 1.52 bits per heavy atom. The molecule has 0 aliphatic heterocycles. The number of ether oxygens (including phenoxy) is 2. The van der Waals surface area contributed by atoms with E-state index in [1.165, 1.54) is 0 Å². The van der Waals surface area contributed by atoms with Crippen LogP contribution in [-0.2, 0) is 0 Å². The van der Waals surface area contributed by atoms with Crippen molar-refractivity contribution in [3.63, 3.8) is 0 Å². The second-order valence-electron chi connectivity index (χ2n) is 5.12. The lowest BCUT2D eigenvalue weighted by atomic mass is 10.2. The van der Waals surface area contributed by atoms with Crippen molar-refractivity contribution < 1.29 is 9.47 Å². The molecule has 4 nitrogen and oxygen atoms in total. The number of hydrogen-bond acceptors (Lipinski definition) is 4. The molecule has 6 heteroatoms. The third-order valence-corrected chi connectivity index (χ3v) is 3.92. The van der Waals surface area contributed by atoms with Crippen molar-refractivity contribution in [1.82, 2.24) is 0 Å². The summed E-state index contributed by atoms with van der Waals surface area (Å²) in [6.07, 6.45) is 2.88. The molecular formula is C17H20Cl2N2O2. The van der Waals surface area contributed by atoms with Gasteiger partial charge in [-0.15, -0.1) is 0 Å². The largest absolute Gasteiger partial charge is 0.494 e. The molecular weight excluding hydrogens is 335 g/mol. The fourth-order valence-electron chi connectivity index (χ4n) is 1.96. The molecule has 0 saturated carbocycles. The van der Waals surface area contributed by atoms with E-state index in [4.69, 9.17) is 44.1 Å². The number of benzene rings is 2. The quantitative estimate of drug-likeness (QED) is 0.528. The molecule has 124 valence electrons. The summed E-state index contributed by atoms with van der Waals surface area (Å²) in [6, 6.07) is 10.6. The van der Waals surface area contributed by atoms with Gasteiger partial charge in [0.05, 0.1) is 34.6 Å². The van der Waals surface area contributed by atoms with E-state index in [1.54, 1.807) is 24.3 Å². The minimum absolute atomic E-state index is 0.512. The van der Waals surface area contributed by atoms with Gasteiger partial charge in [0, 0.05) is 12.1 Å². The summed E-state index contributed by atoms with van der Waals surface area (Å²) in [4.78, 5) is 0. The first-order valence-electron chi connectivity index (χ1n) is 7.42. The summed E-state index contributed by atoms with van der Waals surface area (Å²) in [5.74, 6) is 1.47. The van der Waals surface area contributed by atoms with Crippen LogP contribution < -0.4 is 20.9 Å². The SMILES string of the molecule is Nc1ccc(OCCCCCOc2ccc(N)c(Cl)c2)cc1Cl. The summed E-state index contributed by atoms with van der Waals surface area (Å²) in [5.41, 5.74) is 12.4. The van der Waals surface area contributed by atoms with Gasteiger partial charge in [0.2, 0.25) is 0 Å². The summed E-state index contributed by atoms with van der Waals surface area (Å²) in [5, 5.41) is 1.02. The van der Waals surface area contributed by atoms with Gasteiger partial charge in [-0.3, -0.25) is 0 Å². The van der Waals surface area contributed by atoms with Gasteiger partial charge in [-0.1, -0.05) is 23.2 Å². The van der Waals surface area contributed by atoms with Gasteiger partial charge >= 0.3 is 0 Å². The highest BCUT2D eigenvalue weighted by Gasteiger charge is 2.01. The third-order valence-electron chi connectivity index (χ3n) is 3.27. The monoisotopic (exact) mass is 354 g/mol. The molecule has 0 aliphatic carbocycles. The first kappa shape index (κ1) is 17.6. The highest BCUT2D eigenvalue weighted by atomic mass is 35.5. The van der Waals surface area contributed by atoms with Crippen LogP contribution >= 0.6 is 23.2 Å². The number of halogens is 2. The van der Waals surface area contributed by atoms with Gasteiger partial charge in [0.25, 0.3) is 0 Å². The van der Waals surface area contributed by atoms with Crippen molar-refractivity contribution >= 4 is 34.6 Å². The Labute approximate surface area is 146 Å². The van der Waals surface area contributed by atoms with Crippen LogP contribution in [0.1, 0.15) is 19.3 Å². The molecule has 0 amide bonds. The standard InChI is InChI=1S/C17H20Cl2N2O2/c18-14-10-12(4-6-16(14)20)22-8-2-1-3-9-23-13-5-7-17(21)15(19)11-13/h4-7,10-11H,1-3,8-9,20-21H2. The molecule has 0 unspecified atom stereocenters. The summed E-state index contributed by atoms with van der Waals surface area (Å²) in [7, 11) is 0. The smallest absolute Gasteiger partial charge is 0.120 e. The highest BCUT2D eigenvalue weighted by Crippen LogP contribution is 2.25.